The maximum atomic E-state index is 6.38. The largest absolute Gasteiger partial charge is 0.493 e. The van der Waals surface area contributed by atoms with Crippen LogP contribution in [0.2, 0.25) is 5.02 Å². The maximum absolute atomic E-state index is 6.38. The third-order valence-corrected chi connectivity index (χ3v) is 4.48. The molecule has 0 aromatic heterocycles. The summed E-state index contributed by atoms with van der Waals surface area (Å²) in [6.45, 7) is 0.964. The molecule has 0 fully saturated rings. The molecule has 1 aliphatic carbocycles. The molecule has 0 aliphatic heterocycles. The smallest absolute Gasteiger partial charge is 0.162 e. The Morgan fingerprint density at radius 2 is 1.87 bits per heavy atom. The molecule has 4 heteroatoms. The van der Waals surface area contributed by atoms with Crippen LogP contribution in [0, 0.1) is 5.92 Å². The molecule has 0 heterocycles. The molecule has 122 valence electrons. The van der Waals surface area contributed by atoms with Crippen LogP contribution in [-0.2, 0) is 6.42 Å². The highest BCUT2D eigenvalue weighted by atomic mass is 35.5. The minimum Gasteiger partial charge on any atom is -0.493 e. The van der Waals surface area contributed by atoms with Gasteiger partial charge in [-0.2, -0.15) is 0 Å². The predicted molar refractivity (Wildman–Crippen MR) is 93.6 cm³/mol. The van der Waals surface area contributed by atoms with E-state index in [1.54, 1.807) is 7.11 Å². The predicted octanol–water partition coefficient (Wildman–Crippen LogP) is 4.20. The Morgan fingerprint density at radius 3 is 2.57 bits per heavy atom. The zero-order chi connectivity index (χ0) is 16.4. The van der Waals surface area contributed by atoms with E-state index < -0.39 is 0 Å². The molecule has 1 aliphatic rings. The van der Waals surface area contributed by atoms with Crippen LogP contribution in [0.4, 0.5) is 0 Å². The van der Waals surface area contributed by atoms with Gasteiger partial charge in [-0.15, -0.1) is 0 Å². The number of methoxy groups -OCH3 is 1. The zero-order valence-electron chi connectivity index (χ0n) is 13.8. The van der Waals surface area contributed by atoms with Crippen molar-refractivity contribution in [1.29, 1.82) is 0 Å². The van der Waals surface area contributed by atoms with Crippen molar-refractivity contribution >= 4 is 11.6 Å². The van der Waals surface area contributed by atoms with E-state index >= 15 is 0 Å². The molecule has 3 nitrogen and oxygen atoms in total. The summed E-state index contributed by atoms with van der Waals surface area (Å²) in [5.41, 5.74) is 2.51. The van der Waals surface area contributed by atoms with Gasteiger partial charge in [0.15, 0.2) is 11.5 Å². The number of benzene rings is 2. The van der Waals surface area contributed by atoms with Crippen molar-refractivity contribution in [3.05, 3.63) is 58.6 Å². The van der Waals surface area contributed by atoms with E-state index in [9.17, 15) is 0 Å². The molecular weight excluding hydrogens is 310 g/mol. The van der Waals surface area contributed by atoms with Crippen molar-refractivity contribution in [2.75, 3.05) is 27.7 Å². The third kappa shape index (κ3) is 3.46. The van der Waals surface area contributed by atoms with E-state index in [1.807, 2.05) is 36.4 Å². The highest BCUT2D eigenvalue weighted by Crippen LogP contribution is 2.42. The normalized spacial score (nSPS) is 19.7. The van der Waals surface area contributed by atoms with Gasteiger partial charge in [-0.1, -0.05) is 29.8 Å². The summed E-state index contributed by atoms with van der Waals surface area (Å²) < 4.78 is 11.8. The van der Waals surface area contributed by atoms with Crippen molar-refractivity contribution in [2.24, 2.45) is 5.92 Å². The van der Waals surface area contributed by atoms with Crippen LogP contribution in [0.1, 0.15) is 17.2 Å². The number of hydrogen-bond donors (Lipinski definition) is 0. The Labute approximate surface area is 142 Å². The molecule has 0 radical (unpaired) electrons. The number of hydrogen-bond acceptors (Lipinski definition) is 3. The molecule has 0 N–H and O–H groups in total. The van der Waals surface area contributed by atoms with Crippen LogP contribution in [0.15, 0.2) is 42.5 Å². The van der Waals surface area contributed by atoms with Crippen molar-refractivity contribution < 1.29 is 9.47 Å². The fourth-order valence-corrected chi connectivity index (χ4v) is 3.48. The Hall–Kier alpha value is -1.71. The van der Waals surface area contributed by atoms with Crippen molar-refractivity contribution in [3.63, 3.8) is 0 Å². The third-order valence-electron chi connectivity index (χ3n) is 4.25. The quantitative estimate of drug-likeness (QED) is 0.819. The van der Waals surface area contributed by atoms with Crippen molar-refractivity contribution in [1.82, 2.24) is 4.90 Å². The lowest BCUT2D eigenvalue weighted by Crippen LogP contribution is -2.27. The first kappa shape index (κ1) is 16.2. The van der Waals surface area contributed by atoms with Gasteiger partial charge in [-0.25, -0.2) is 0 Å². The average Bonchev–Trinajstić information content (AvgIpc) is 2.84. The first-order chi connectivity index (χ1) is 11.1. The molecule has 0 amide bonds. The van der Waals surface area contributed by atoms with E-state index in [0.717, 1.165) is 29.5 Å². The molecule has 23 heavy (non-hydrogen) atoms. The average molecular weight is 332 g/mol. The molecule has 2 aromatic rings. The lowest BCUT2D eigenvalue weighted by atomic mass is 10.0. The molecule has 0 saturated carbocycles. The van der Waals surface area contributed by atoms with Gasteiger partial charge >= 0.3 is 0 Å². The fourth-order valence-electron chi connectivity index (χ4n) is 3.30. The van der Waals surface area contributed by atoms with Crippen molar-refractivity contribution in [2.45, 2.75) is 12.5 Å². The van der Waals surface area contributed by atoms with Gasteiger partial charge in [0.2, 0.25) is 0 Å². The van der Waals surface area contributed by atoms with Gasteiger partial charge in [-0.3, -0.25) is 0 Å². The number of nitrogens with zero attached hydrogens (tertiary/aromatic N) is 1. The first-order valence-electron chi connectivity index (χ1n) is 7.81. The molecule has 3 rings (SSSR count). The first-order valence-corrected chi connectivity index (χ1v) is 8.19. The molecule has 0 saturated heterocycles. The van der Waals surface area contributed by atoms with E-state index in [4.69, 9.17) is 21.1 Å². The van der Waals surface area contributed by atoms with E-state index in [2.05, 4.69) is 25.1 Å². The van der Waals surface area contributed by atoms with Gasteiger partial charge < -0.3 is 14.4 Å². The van der Waals surface area contributed by atoms with E-state index in [1.165, 1.54) is 11.1 Å². The van der Waals surface area contributed by atoms with Gasteiger partial charge in [0.1, 0.15) is 6.10 Å². The minimum absolute atomic E-state index is 0.0117. The summed E-state index contributed by atoms with van der Waals surface area (Å²) in [5, 5.41) is 0.753. The van der Waals surface area contributed by atoms with Crippen LogP contribution in [0.5, 0.6) is 11.5 Å². The summed E-state index contributed by atoms with van der Waals surface area (Å²) in [4.78, 5) is 2.21. The second kappa shape index (κ2) is 6.81. The lowest BCUT2D eigenvalue weighted by molar-refractivity contribution is 0.124. The second-order valence-corrected chi connectivity index (χ2v) is 6.70. The highest BCUT2D eigenvalue weighted by molar-refractivity contribution is 6.30. The van der Waals surface area contributed by atoms with Gasteiger partial charge in [0.05, 0.1) is 7.11 Å². The van der Waals surface area contributed by atoms with Crippen molar-refractivity contribution in [3.8, 4) is 11.5 Å². The number of halogens is 1. The molecule has 2 aromatic carbocycles. The number of ether oxygens (including phenoxy) is 2. The van der Waals surface area contributed by atoms with Gasteiger partial charge in [0, 0.05) is 17.5 Å². The van der Waals surface area contributed by atoms with E-state index in [0.29, 0.717) is 5.92 Å². The minimum atomic E-state index is -0.0117. The van der Waals surface area contributed by atoms with Crippen LogP contribution in [0.25, 0.3) is 0 Å². The number of fused-ring (bicyclic) bond motifs is 1. The molecule has 2 atom stereocenters. The van der Waals surface area contributed by atoms with Crippen LogP contribution < -0.4 is 9.47 Å². The Kier molecular flexibility index (Phi) is 4.79. The summed E-state index contributed by atoms with van der Waals surface area (Å²) >= 11 is 6.21. The molecule has 2 unspecified atom stereocenters. The standard InChI is InChI=1S/C19H22ClNO2/c1-21(2)12-14-10-13-8-9-15(20)11-16(13)19(14)23-18-7-5-4-6-17(18)22-3/h4-9,11,14,19H,10,12H2,1-3H3. The van der Waals surface area contributed by atoms with Crippen LogP contribution in [0.3, 0.4) is 0 Å². The second-order valence-electron chi connectivity index (χ2n) is 6.26. The highest BCUT2D eigenvalue weighted by Gasteiger charge is 2.35. The monoisotopic (exact) mass is 331 g/mol. The molecule has 0 bridgehead atoms. The van der Waals surface area contributed by atoms with Crippen LogP contribution in [-0.4, -0.2) is 32.6 Å². The summed E-state index contributed by atoms with van der Waals surface area (Å²) in [7, 11) is 5.85. The zero-order valence-corrected chi connectivity index (χ0v) is 14.5. The fraction of sp³-hybridized carbons (Fsp3) is 0.368. The molecular formula is C19H22ClNO2. The summed E-state index contributed by atoms with van der Waals surface area (Å²) in [6, 6.07) is 13.9. The summed E-state index contributed by atoms with van der Waals surface area (Å²) in [6.07, 6.45) is 0.993. The topological polar surface area (TPSA) is 21.7 Å². The van der Waals surface area contributed by atoms with E-state index in [-0.39, 0.29) is 6.10 Å². The molecule has 0 spiro atoms. The van der Waals surface area contributed by atoms with Gasteiger partial charge in [-0.05, 0) is 55.9 Å². The Bertz CT molecular complexity index is 687. The Morgan fingerprint density at radius 1 is 1.13 bits per heavy atom. The van der Waals surface area contributed by atoms with Gasteiger partial charge in [0.25, 0.3) is 0 Å². The van der Waals surface area contributed by atoms with Crippen LogP contribution >= 0.6 is 11.6 Å². The summed E-state index contributed by atoms with van der Waals surface area (Å²) in [5.74, 6) is 1.92. The Balaban J connectivity index is 1.94. The SMILES string of the molecule is COc1ccccc1OC1c2cc(Cl)ccc2CC1CN(C)C. The lowest BCUT2D eigenvalue weighted by Gasteiger charge is -2.25. The number of rotatable bonds is 5. The number of para-hydroxylation sites is 2. The maximum Gasteiger partial charge on any atom is 0.162 e.